The Morgan fingerprint density at radius 3 is 2.62 bits per heavy atom. The largest absolute Gasteiger partial charge is 0.424 e. The lowest BCUT2D eigenvalue weighted by Gasteiger charge is -2.21. The molecule has 2 unspecified atom stereocenters. The Kier molecular flexibility index (Phi) is 1.76. The Balaban J connectivity index is 2.49. The molecule has 0 spiro atoms. The fraction of sp³-hybridized carbons (Fsp3) is 0.222. The fourth-order valence-corrected chi connectivity index (χ4v) is 1.24. The molecule has 0 saturated carbocycles. The molecule has 1 aliphatic rings. The van der Waals surface area contributed by atoms with E-state index in [1.54, 1.807) is 12.1 Å². The number of fused-ring (bicyclic) bond motifs is 1. The number of hydrogen-bond donors (Lipinski definition) is 0. The molecule has 1 aromatic rings. The van der Waals surface area contributed by atoms with Gasteiger partial charge in [0.15, 0.2) is 6.17 Å². The topological polar surface area (TPSA) is 26.3 Å². The van der Waals surface area contributed by atoms with Gasteiger partial charge in [-0.2, -0.15) is 0 Å². The van der Waals surface area contributed by atoms with Crippen molar-refractivity contribution in [3.05, 3.63) is 29.8 Å². The first-order valence-corrected chi connectivity index (χ1v) is 3.79. The van der Waals surface area contributed by atoms with Crippen LogP contribution < -0.4 is 4.74 Å². The highest BCUT2D eigenvalue weighted by Gasteiger charge is 2.37. The van der Waals surface area contributed by atoms with Gasteiger partial charge in [0.25, 0.3) is 0 Å². The van der Waals surface area contributed by atoms with Gasteiger partial charge < -0.3 is 4.74 Å². The van der Waals surface area contributed by atoms with Crippen LogP contribution in [0.4, 0.5) is 8.78 Å². The van der Waals surface area contributed by atoms with E-state index in [-0.39, 0.29) is 11.3 Å². The second-order valence-corrected chi connectivity index (χ2v) is 2.76. The maximum absolute atomic E-state index is 13.1. The highest BCUT2D eigenvalue weighted by atomic mass is 19.2. The normalized spacial score (nSPS) is 26.5. The van der Waals surface area contributed by atoms with Crippen LogP contribution in [0.3, 0.4) is 0 Å². The summed E-state index contributed by atoms with van der Waals surface area (Å²) in [6.45, 7) is 0. The lowest BCUT2D eigenvalue weighted by atomic mass is 10.0. The van der Waals surface area contributed by atoms with Crippen molar-refractivity contribution >= 4 is 5.97 Å². The van der Waals surface area contributed by atoms with Crippen molar-refractivity contribution in [2.24, 2.45) is 0 Å². The Hall–Kier alpha value is -1.45. The summed E-state index contributed by atoms with van der Waals surface area (Å²) in [7, 11) is 0. The van der Waals surface area contributed by atoms with Gasteiger partial charge in [0, 0.05) is 5.56 Å². The molecule has 1 heterocycles. The number of halogens is 2. The average molecular weight is 184 g/mol. The summed E-state index contributed by atoms with van der Waals surface area (Å²) >= 11 is 0. The van der Waals surface area contributed by atoms with Crippen LogP contribution in [0.15, 0.2) is 24.3 Å². The van der Waals surface area contributed by atoms with Crippen molar-refractivity contribution in [1.29, 1.82) is 0 Å². The predicted octanol–water partition coefficient (Wildman–Crippen LogP) is 1.95. The Morgan fingerprint density at radius 2 is 1.85 bits per heavy atom. The Morgan fingerprint density at radius 1 is 1.15 bits per heavy atom. The van der Waals surface area contributed by atoms with Gasteiger partial charge in [-0.3, -0.25) is 0 Å². The van der Waals surface area contributed by atoms with Crippen molar-refractivity contribution in [3.8, 4) is 5.75 Å². The molecule has 68 valence electrons. The van der Waals surface area contributed by atoms with Crippen LogP contribution in [0, 0.1) is 0 Å². The standard InChI is InChI=1S/C9H6F2O2/c10-7-5-3-1-2-4-6(5)13-9(12)8(7)11/h1-4,7-8H. The minimum atomic E-state index is -2.20. The summed E-state index contributed by atoms with van der Waals surface area (Å²) in [6, 6.07) is 6.00. The molecule has 0 aliphatic carbocycles. The molecule has 0 aromatic heterocycles. The van der Waals surface area contributed by atoms with E-state index >= 15 is 0 Å². The molecule has 2 rings (SSSR count). The van der Waals surface area contributed by atoms with Gasteiger partial charge in [-0.15, -0.1) is 0 Å². The predicted molar refractivity (Wildman–Crippen MR) is 40.8 cm³/mol. The Bertz CT molecular complexity index is 351. The number of ether oxygens (including phenoxy) is 1. The summed E-state index contributed by atoms with van der Waals surface area (Å²) in [4.78, 5) is 10.7. The van der Waals surface area contributed by atoms with Gasteiger partial charge in [-0.1, -0.05) is 18.2 Å². The lowest BCUT2D eigenvalue weighted by Crippen LogP contribution is -2.31. The zero-order valence-electron chi connectivity index (χ0n) is 6.54. The maximum atomic E-state index is 13.1. The van der Waals surface area contributed by atoms with Gasteiger partial charge in [0.1, 0.15) is 5.75 Å². The number of para-hydroxylation sites is 1. The van der Waals surface area contributed by atoms with Gasteiger partial charge in [-0.25, -0.2) is 13.6 Å². The summed E-state index contributed by atoms with van der Waals surface area (Å²) in [5.74, 6) is -1.06. The number of carbonyl (C=O) groups excluding carboxylic acids is 1. The Labute approximate surface area is 73.1 Å². The first-order chi connectivity index (χ1) is 6.20. The SMILES string of the molecule is O=C1Oc2ccccc2C(F)C1F. The van der Waals surface area contributed by atoms with Gasteiger partial charge in [0.2, 0.25) is 6.17 Å². The molecule has 0 fully saturated rings. The molecule has 2 nitrogen and oxygen atoms in total. The van der Waals surface area contributed by atoms with Gasteiger partial charge in [0.05, 0.1) is 0 Å². The van der Waals surface area contributed by atoms with Gasteiger partial charge in [-0.05, 0) is 6.07 Å². The van der Waals surface area contributed by atoms with Gasteiger partial charge >= 0.3 is 5.97 Å². The molecule has 1 aliphatic heterocycles. The van der Waals surface area contributed by atoms with E-state index in [9.17, 15) is 13.6 Å². The quantitative estimate of drug-likeness (QED) is 0.455. The average Bonchev–Trinajstić information content (AvgIpc) is 2.15. The number of alkyl halides is 2. The zero-order valence-corrected chi connectivity index (χ0v) is 6.54. The number of carbonyl (C=O) groups is 1. The van der Waals surface area contributed by atoms with Crippen LogP contribution in [0.5, 0.6) is 5.75 Å². The minimum Gasteiger partial charge on any atom is -0.424 e. The number of rotatable bonds is 0. The first-order valence-electron chi connectivity index (χ1n) is 3.79. The van der Waals surface area contributed by atoms with Crippen LogP contribution in [-0.2, 0) is 4.79 Å². The number of esters is 1. The maximum Gasteiger partial charge on any atom is 0.349 e. The van der Waals surface area contributed by atoms with Crippen molar-refractivity contribution in [3.63, 3.8) is 0 Å². The summed E-state index contributed by atoms with van der Waals surface area (Å²) in [5.41, 5.74) is 0.0922. The smallest absolute Gasteiger partial charge is 0.349 e. The monoisotopic (exact) mass is 184 g/mol. The lowest BCUT2D eigenvalue weighted by molar-refractivity contribution is -0.144. The van der Waals surface area contributed by atoms with Crippen molar-refractivity contribution < 1.29 is 18.3 Å². The summed E-state index contributed by atoms with van der Waals surface area (Å²) in [6.07, 6.45) is -4.10. The molecule has 2 atom stereocenters. The third-order valence-corrected chi connectivity index (χ3v) is 1.91. The number of hydrogen-bond acceptors (Lipinski definition) is 2. The van der Waals surface area contributed by atoms with Crippen LogP contribution in [0.2, 0.25) is 0 Å². The molecule has 0 N–H and O–H groups in total. The summed E-state index contributed by atoms with van der Waals surface area (Å²) in [5, 5.41) is 0. The van der Waals surface area contributed by atoms with E-state index in [4.69, 9.17) is 0 Å². The zero-order chi connectivity index (χ0) is 9.42. The van der Waals surface area contributed by atoms with Crippen LogP contribution in [0.1, 0.15) is 11.7 Å². The molecule has 4 heteroatoms. The highest BCUT2D eigenvalue weighted by molar-refractivity contribution is 5.80. The molecule has 0 saturated heterocycles. The van der Waals surface area contributed by atoms with Crippen molar-refractivity contribution in [2.45, 2.75) is 12.3 Å². The van der Waals surface area contributed by atoms with E-state index in [2.05, 4.69) is 4.74 Å². The fourth-order valence-electron chi connectivity index (χ4n) is 1.24. The third kappa shape index (κ3) is 1.18. The van der Waals surface area contributed by atoms with Crippen LogP contribution >= 0.6 is 0 Å². The van der Waals surface area contributed by atoms with E-state index in [1.165, 1.54) is 12.1 Å². The molecule has 0 amide bonds. The van der Waals surface area contributed by atoms with E-state index in [0.717, 1.165) is 0 Å². The van der Waals surface area contributed by atoms with Crippen LogP contribution in [-0.4, -0.2) is 12.1 Å². The van der Waals surface area contributed by atoms with E-state index < -0.39 is 18.3 Å². The molecule has 0 bridgehead atoms. The minimum absolute atomic E-state index is 0.0922. The molecule has 1 aromatic carbocycles. The molecular weight excluding hydrogens is 178 g/mol. The first kappa shape index (κ1) is 8.16. The van der Waals surface area contributed by atoms with E-state index in [0.29, 0.717) is 0 Å². The van der Waals surface area contributed by atoms with Crippen molar-refractivity contribution in [2.75, 3.05) is 0 Å². The van der Waals surface area contributed by atoms with Crippen molar-refractivity contribution in [1.82, 2.24) is 0 Å². The highest BCUT2D eigenvalue weighted by Crippen LogP contribution is 2.36. The number of benzene rings is 1. The second-order valence-electron chi connectivity index (χ2n) is 2.76. The molecular formula is C9H6F2O2. The van der Waals surface area contributed by atoms with Crippen LogP contribution in [0.25, 0.3) is 0 Å². The molecule has 13 heavy (non-hydrogen) atoms. The second kappa shape index (κ2) is 2.80. The summed E-state index contributed by atoms with van der Waals surface area (Å²) < 4.78 is 30.5. The van der Waals surface area contributed by atoms with E-state index in [1.807, 2.05) is 0 Å². The third-order valence-electron chi connectivity index (χ3n) is 1.91. The molecule has 0 radical (unpaired) electrons.